The van der Waals surface area contributed by atoms with E-state index in [0.29, 0.717) is 18.2 Å². The van der Waals surface area contributed by atoms with Gasteiger partial charge in [-0.05, 0) is 12.3 Å². The van der Waals surface area contributed by atoms with Crippen molar-refractivity contribution in [3.63, 3.8) is 0 Å². The number of nitrogens with one attached hydrogen (secondary N) is 1. The minimum Gasteiger partial charge on any atom is -0.357 e. The number of aromatic nitrogens is 2. The van der Waals surface area contributed by atoms with Gasteiger partial charge in [0.2, 0.25) is 11.9 Å². The topological polar surface area (TPSA) is 58.1 Å². The molecule has 0 spiro atoms. The van der Waals surface area contributed by atoms with Crippen LogP contribution in [0.3, 0.4) is 0 Å². The van der Waals surface area contributed by atoms with Gasteiger partial charge in [0, 0.05) is 32.3 Å². The summed E-state index contributed by atoms with van der Waals surface area (Å²) in [4.78, 5) is 22.2. The quantitative estimate of drug-likeness (QED) is 0.893. The Balaban J connectivity index is 2.93. The molecule has 0 atom stereocenters. The molecule has 0 aliphatic rings. The van der Waals surface area contributed by atoms with Gasteiger partial charge in [-0.3, -0.25) is 9.69 Å². The summed E-state index contributed by atoms with van der Waals surface area (Å²) in [6, 6.07) is 1.81. The highest BCUT2D eigenvalue weighted by Gasteiger charge is 2.20. The van der Waals surface area contributed by atoms with Crippen molar-refractivity contribution in [3.05, 3.63) is 11.8 Å². The third kappa shape index (κ3) is 3.98. The van der Waals surface area contributed by atoms with Gasteiger partial charge in [0.15, 0.2) is 0 Å². The summed E-state index contributed by atoms with van der Waals surface area (Å²) in [5.41, 5.74) is 0.805. The zero-order chi connectivity index (χ0) is 13.9. The first-order valence-electron chi connectivity index (χ1n) is 6.03. The van der Waals surface area contributed by atoms with E-state index in [1.54, 1.807) is 25.1 Å². The molecule has 100 valence electrons. The Morgan fingerprint density at radius 1 is 1.39 bits per heavy atom. The predicted octanol–water partition coefficient (Wildman–Crippen LogP) is 2.23. The molecule has 1 aromatic rings. The fourth-order valence-corrected chi connectivity index (χ4v) is 1.54. The van der Waals surface area contributed by atoms with Crippen molar-refractivity contribution < 1.29 is 4.79 Å². The van der Waals surface area contributed by atoms with Crippen molar-refractivity contribution in [1.29, 1.82) is 0 Å². The fraction of sp³-hybridized carbons (Fsp3) is 0.615. The van der Waals surface area contributed by atoms with Gasteiger partial charge in [0.25, 0.3) is 0 Å². The van der Waals surface area contributed by atoms with E-state index in [2.05, 4.69) is 15.3 Å². The number of rotatable bonds is 3. The lowest BCUT2D eigenvalue weighted by molar-refractivity contribution is -0.120. The molecule has 18 heavy (non-hydrogen) atoms. The molecule has 1 amide bonds. The first-order chi connectivity index (χ1) is 8.23. The SMILES string of the molecule is CNc1nc(C)cc(N(C)C(=O)CC(C)(C)C)n1. The van der Waals surface area contributed by atoms with Crippen LogP contribution >= 0.6 is 0 Å². The smallest absolute Gasteiger partial charge is 0.228 e. The van der Waals surface area contributed by atoms with Gasteiger partial charge in [0.05, 0.1) is 0 Å². The highest BCUT2D eigenvalue weighted by molar-refractivity contribution is 5.92. The van der Waals surface area contributed by atoms with Crippen LogP contribution in [0.5, 0.6) is 0 Å². The number of amides is 1. The van der Waals surface area contributed by atoms with E-state index < -0.39 is 0 Å². The van der Waals surface area contributed by atoms with Crippen molar-refractivity contribution in [2.75, 3.05) is 24.3 Å². The maximum Gasteiger partial charge on any atom is 0.228 e. The van der Waals surface area contributed by atoms with E-state index in [9.17, 15) is 4.79 Å². The Kier molecular flexibility index (Phi) is 4.27. The maximum atomic E-state index is 12.1. The van der Waals surface area contributed by atoms with Gasteiger partial charge in [-0.25, -0.2) is 4.98 Å². The van der Waals surface area contributed by atoms with Crippen LogP contribution in [0.25, 0.3) is 0 Å². The van der Waals surface area contributed by atoms with Crippen LogP contribution in [0, 0.1) is 12.3 Å². The van der Waals surface area contributed by atoms with Crippen molar-refractivity contribution in [2.24, 2.45) is 5.41 Å². The molecule has 1 rings (SSSR count). The van der Waals surface area contributed by atoms with E-state index in [0.717, 1.165) is 5.69 Å². The zero-order valence-electron chi connectivity index (χ0n) is 12.0. The van der Waals surface area contributed by atoms with Gasteiger partial charge in [0.1, 0.15) is 5.82 Å². The average Bonchev–Trinajstić information content (AvgIpc) is 2.24. The maximum absolute atomic E-state index is 12.1. The number of hydrogen-bond donors (Lipinski definition) is 1. The van der Waals surface area contributed by atoms with Crippen molar-refractivity contribution in [3.8, 4) is 0 Å². The van der Waals surface area contributed by atoms with Gasteiger partial charge < -0.3 is 5.32 Å². The number of carbonyl (C=O) groups excluding carboxylic acids is 1. The molecule has 0 saturated carbocycles. The second kappa shape index (κ2) is 5.33. The molecule has 1 aromatic heterocycles. The van der Waals surface area contributed by atoms with Gasteiger partial charge in [-0.15, -0.1) is 0 Å². The predicted molar refractivity (Wildman–Crippen MR) is 73.8 cm³/mol. The molecule has 0 fully saturated rings. The first kappa shape index (κ1) is 14.4. The second-order valence-corrected chi connectivity index (χ2v) is 5.63. The molecule has 0 radical (unpaired) electrons. The molecule has 1 N–H and O–H groups in total. The number of nitrogens with zero attached hydrogens (tertiary/aromatic N) is 3. The average molecular weight is 250 g/mol. The van der Waals surface area contributed by atoms with Crippen molar-refractivity contribution >= 4 is 17.7 Å². The van der Waals surface area contributed by atoms with E-state index >= 15 is 0 Å². The van der Waals surface area contributed by atoms with Crippen LogP contribution in [0.4, 0.5) is 11.8 Å². The summed E-state index contributed by atoms with van der Waals surface area (Å²) in [6.07, 6.45) is 0.488. The summed E-state index contributed by atoms with van der Waals surface area (Å²) < 4.78 is 0. The number of anilines is 2. The Bertz CT molecular complexity index is 437. The second-order valence-electron chi connectivity index (χ2n) is 5.63. The molecule has 0 unspecified atom stereocenters. The first-order valence-corrected chi connectivity index (χ1v) is 6.03. The van der Waals surface area contributed by atoms with Crippen LogP contribution < -0.4 is 10.2 Å². The van der Waals surface area contributed by atoms with Gasteiger partial charge >= 0.3 is 0 Å². The zero-order valence-corrected chi connectivity index (χ0v) is 12.0. The molecule has 0 aliphatic heterocycles. The molecule has 1 heterocycles. The summed E-state index contributed by atoms with van der Waals surface area (Å²) in [5.74, 6) is 1.21. The van der Waals surface area contributed by atoms with Crippen LogP contribution in [-0.4, -0.2) is 30.0 Å². The Morgan fingerprint density at radius 3 is 2.50 bits per heavy atom. The third-order valence-electron chi connectivity index (χ3n) is 2.46. The molecule has 0 saturated heterocycles. The summed E-state index contributed by atoms with van der Waals surface area (Å²) in [5, 5.41) is 2.89. The van der Waals surface area contributed by atoms with Gasteiger partial charge in [-0.1, -0.05) is 20.8 Å². The molecule has 0 aliphatic carbocycles. The standard InChI is InChI=1S/C13H22N4O/c1-9-7-10(16-12(14-5)15-9)17(6)11(18)8-13(2,3)4/h7H,8H2,1-6H3,(H,14,15,16). The monoisotopic (exact) mass is 250 g/mol. The highest BCUT2D eigenvalue weighted by atomic mass is 16.2. The van der Waals surface area contributed by atoms with Crippen LogP contribution in [0.1, 0.15) is 32.9 Å². The molecular formula is C13H22N4O. The molecule has 5 nitrogen and oxygen atoms in total. The highest BCUT2D eigenvalue weighted by Crippen LogP contribution is 2.22. The largest absolute Gasteiger partial charge is 0.357 e. The summed E-state index contributed by atoms with van der Waals surface area (Å²) >= 11 is 0. The fourth-order valence-electron chi connectivity index (χ4n) is 1.54. The van der Waals surface area contributed by atoms with Gasteiger partial charge in [-0.2, -0.15) is 4.98 Å². The lowest BCUT2D eigenvalue weighted by Gasteiger charge is -2.23. The van der Waals surface area contributed by atoms with Crippen molar-refractivity contribution in [2.45, 2.75) is 34.1 Å². The van der Waals surface area contributed by atoms with E-state index in [-0.39, 0.29) is 11.3 Å². The molecule has 5 heteroatoms. The molecule has 0 aromatic carbocycles. The minimum atomic E-state index is -0.0285. The Labute approximate surface area is 109 Å². The minimum absolute atomic E-state index is 0.0285. The van der Waals surface area contributed by atoms with E-state index in [4.69, 9.17) is 0 Å². The molecule has 0 bridgehead atoms. The van der Waals surface area contributed by atoms with Crippen LogP contribution in [0.2, 0.25) is 0 Å². The third-order valence-corrected chi connectivity index (χ3v) is 2.46. The van der Waals surface area contributed by atoms with E-state index in [1.807, 2.05) is 27.7 Å². The Morgan fingerprint density at radius 2 is 2.00 bits per heavy atom. The van der Waals surface area contributed by atoms with E-state index in [1.165, 1.54) is 0 Å². The normalized spacial score (nSPS) is 11.2. The van der Waals surface area contributed by atoms with Crippen molar-refractivity contribution in [1.82, 2.24) is 9.97 Å². The van der Waals surface area contributed by atoms with Crippen LogP contribution in [0.15, 0.2) is 6.07 Å². The lowest BCUT2D eigenvalue weighted by Crippen LogP contribution is -2.30. The van der Waals surface area contributed by atoms with Crippen LogP contribution in [-0.2, 0) is 4.79 Å². The number of carbonyl (C=O) groups is 1. The number of hydrogen-bond acceptors (Lipinski definition) is 4. The Hall–Kier alpha value is -1.65. The number of aryl methyl sites for hydroxylation is 1. The summed E-state index contributed by atoms with van der Waals surface area (Å²) in [6.45, 7) is 8.02. The lowest BCUT2D eigenvalue weighted by atomic mass is 9.92. The molecular weight excluding hydrogens is 228 g/mol. The summed E-state index contributed by atoms with van der Waals surface area (Å²) in [7, 11) is 3.50.